The van der Waals surface area contributed by atoms with Crippen LogP contribution in [0.25, 0.3) is 0 Å². The van der Waals surface area contributed by atoms with E-state index in [-0.39, 0.29) is 18.2 Å². The van der Waals surface area contributed by atoms with Gasteiger partial charge in [-0.15, -0.1) is 11.5 Å². The lowest BCUT2D eigenvalue weighted by molar-refractivity contribution is 0.0985. The Bertz CT molecular complexity index is 603. The van der Waals surface area contributed by atoms with Gasteiger partial charge < -0.3 is 9.47 Å². The molecule has 1 heterocycles. The van der Waals surface area contributed by atoms with Gasteiger partial charge in [-0.2, -0.15) is 0 Å². The lowest BCUT2D eigenvalue weighted by Crippen LogP contribution is -2.39. The van der Waals surface area contributed by atoms with Gasteiger partial charge in [-0.3, -0.25) is 0 Å². The van der Waals surface area contributed by atoms with E-state index < -0.39 is 0 Å². The van der Waals surface area contributed by atoms with Crippen molar-refractivity contribution in [1.29, 1.82) is 0 Å². The van der Waals surface area contributed by atoms with Crippen molar-refractivity contribution in [3.63, 3.8) is 0 Å². The molecule has 0 aromatic heterocycles. The molecule has 0 amide bonds. The minimum Gasteiger partial charge on any atom is -0.479 e. The lowest BCUT2D eigenvalue weighted by Gasteiger charge is -2.32. The first-order valence-electron chi connectivity index (χ1n) is 6.37. The zero-order chi connectivity index (χ0) is 15.6. The monoisotopic (exact) mass is 326 g/mol. The van der Waals surface area contributed by atoms with Crippen LogP contribution in [-0.4, -0.2) is 19.2 Å². The van der Waals surface area contributed by atoms with Crippen LogP contribution in [0.2, 0.25) is 10.0 Å². The van der Waals surface area contributed by atoms with Crippen LogP contribution in [0.3, 0.4) is 0 Å². The summed E-state index contributed by atoms with van der Waals surface area (Å²) in [5, 5.41) is 6.80. The Kier molecular flexibility index (Phi) is 4.55. The summed E-state index contributed by atoms with van der Waals surface area (Å²) in [6, 6.07) is 3.32. The van der Waals surface area contributed by atoms with Crippen molar-refractivity contribution in [1.82, 2.24) is 0 Å². The largest absolute Gasteiger partial charge is 0.479 e. The minimum atomic E-state index is -0.267. The highest BCUT2D eigenvalue weighted by Gasteiger charge is 2.36. The first-order valence-corrected chi connectivity index (χ1v) is 7.12. The van der Waals surface area contributed by atoms with Crippen molar-refractivity contribution in [2.45, 2.75) is 27.0 Å². The first-order chi connectivity index (χ1) is 9.84. The molecule has 1 aliphatic heterocycles. The highest BCUT2D eigenvalue weighted by atomic mass is 35.5. The summed E-state index contributed by atoms with van der Waals surface area (Å²) in [5.41, 5.74) is 0.501. The SMILES string of the molecule is C#CCOc1cc(N2N=COC2C(C)(C)C)c(Cl)cc1Cl. The van der Waals surface area contributed by atoms with Crippen molar-refractivity contribution >= 4 is 35.3 Å². The number of hydrazone groups is 1. The smallest absolute Gasteiger partial charge is 0.198 e. The molecule has 0 fully saturated rings. The molecule has 0 spiro atoms. The van der Waals surface area contributed by atoms with Gasteiger partial charge in [-0.05, 0) is 6.07 Å². The predicted octanol–water partition coefficient (Wildman–Crippen LogP) is 4.16. The van der Waals surface area contributed by atoms with Crippen molar-refractivity contribution in [2.24, 2.45) is 10.5 Å². The van der Waals surface area contributed by atoms with Crippen molar-refractivity contribution in [3.8, 4) is 18.1 Å². The van der Waals surface area contributed by atoms with Gasteiger partial charge in [0.2, 0.25) is 0 Å². The summed E-state index contributed by atoms with van der Waals surface area (Å²) in [4.78, 5) is 0. The fraction of sp³-hybridized carbons (Fsp3) is 0.400. The molecule has 0 radical (unpaired) electrons. The molecule has 0 saturated heterocycles. The average molecular weight is 327 g/mol. The van der Waals surface area contributed by atoms with Crippen molar-refractivity contribution in [2.75, 3.05) is 11.6 Å². The van der Waals surface area contributed by atoms with E-state index in [4.69, 9.17) is 39.1 Å². The summed E-state index contributed by atoms with van der Waals surface area (Å²) in [5.74, 6) is 2.86. The third-order valence-electron chi connectivity index (χ3n) is 2.88. The summed E-state index contributed by atoms with van der Waals surface area (Å²) < 4.78 is 11.0. The van der Waals surface area contributed by atoms with Gasteiger partial charge >= 0.3 is 0 Å². The van der Waals surface area contributed by atoms with Gasteiger partial charge in [0.25, 0.3) is 0 Å². The fourth-order valence-corrected chi connectivity index (χ4v) is 2.46. The topological polar surface area (TPSA) is 34.1 Å². The fourth-order valence-electron chi connectivity index (χ4n) is 1.94. The Morgan fingerprint density at radius 2 is 2.10 bits per heavy atom. The minimum absolute atomic E-state index is 0.128. The number of halogens is 2. The first kappa shape index (κ1) is 15.8. The third-order valence-corrected chi connectivity index (χ3v) is 3.48. The molecule has 2 rings (SSSR count). The molecule has 1 aromatic rings. The highest BCUT2D eigenvalue weighted by molar-refractivity contribution is 6.37. The zero-order valence-electron chi connectivity index (χ0n) is 12.1. The molecule has 1 atom stereocenters. The maximum absolute atomic E-state index is 6.28. The van der Waals surface area contributed by atoms with E-state index in [0.29, 0.717) is 21.5 Å². The van der Waals surface area contributed by atoms with Crippen molar-refractivity contribution < 1.29 is 9.47 Å². The number of ether oxygens (including phenoxy) is 2. The third kappa shape index (κ3) is 3.37. The maximum Gasteiger partial charge on any atom is 0.198 e. The van der Waals surface area contributed by atoms with Crippen LogP contribution in [0.4, 0.5) is 5.69 Å². The normalized spacial score (nSPS) is 17.5. The van der Waals surface area contributed by atoms with Gasteiger partial charge in [0.05, 0.1) is 15.7 Å². The van der Waals surface area contributed by atoms with Crippen LogP contribution in [0.1, 0.15) is 20.8 Å². The molecule has 1 aliphatic rings. The molecule has 0 N–H and O–H groups in total. The maximum atomic E-state index is 6.28. The molecule has 6 heteroatoms. The van der Waals surface area contributed by atoms with E-state index in [1.807, 2.05) is 0 Å². The quantitative estimate of drug-likeness (QED) is 0.782. The lowest BCUT2D eigenvalue weighted by atomic mass is 9.93. The molecule has 112 valence electrons. The number of benzene rings is 1. The standard InChI is InChI=1S/C15H16Cl2N2O2/c1-5-6-20-13-8-12(10(16)7-11(13)17)19-14(15(2,3)4)21-9-18-19/h1,7-9,14H,6H2,2-4H3. The molecule has 0 bridgehead atoms. The van der Waals surface area contributed by atoms with Crippen molar-refractivity contribution in [3.05, 3.63) is 22.2 Å². The Labute approximate surface area is 134 Å². The van der Waals surface area contributed by atoms with E-state index in [2.05, 4.69) is 31.8 Å². The molecule has 0 saturated carbocycles. The van der Waals surface area contributed by atoms with Crippen LogP contribution in [0.15, 0.2) is 17.2 Å². The van der Waals surface area contributed by atoms with Crippen LogP contribution in [0, 0.1) is 17.8 Å². The highest BCUT2D eigenvalue weighted by Crippen LogP contribution is 2.40. The number of hydrogen-bond acceptors (Lipinski definition) is 4. The van der Waals surface area contributed by atoms with E-state index in [9.17, 15) is 0 Å². The Hall–Kier alpha value is -1.57. The number of terminal acetylenes is 1. The molecule has 21 heavy (non-hydrogen) atoms. The van der Waals surface area contributed by atoms with Gasteiger partial charge in [-0.1, -0.05) is 49.9 Å². The van der Waals surface area contributed by atoms with E-state index in [1.165, 1.54) is 6.40 Å². The average Bonchev–Trinajstić information content (AvgIpc) is 2.86. The van der Waals surface area contributed by atoms with E-state index >= 15 is 0 Å². The summed E-state index contributed by atoms with van der Waals surface area (Å²) in [6.07, 6.45) is 6.34. The molecule has 1 aromatic carbocycles. The Balaban J connectivity index is 2.39. The number of rotatable bonds is 3. The summed E-state index contributed by atoms with van der Waals surface area (Å²) in [6.45, 7) is 6.29. The van der Waals surface area contributed by atoms with E-state index in [0.717, 1.165) is 0 Å². The Morgan fingerprint density at radius 1 is 1.38 bits per heavy atom. The van der Waals surface area contributed by atoms with Crippen LogP contribution in [-0.2, 0) is 4.74 Å². The zero-order valence-corrected chi connectivity index (χ0v) is 13.6. The van der Waals surface area contributed by atoms with Crippen LogP contribution in [0.5, 0.6) is 5.75 Å². The molecule has 1 unspecified atom stereocenters. The predicted molar refractivity (Wildman–Crippen MR) is 86.1 cm³/mol. The molecule has 0 aliphatic carbocycles. The second-order valence-corrected chi connectivity index (χ2v) is 6.46. The second-order valence-electron chi connectivity index (χ2n) is 5.65. The van der Waals surface area contributed by atoms with Crippen LogP contribution < -0.4 is 9.75 Å². The summed E-state index contributed by atoms with van der Waals surface area (Å²) in [7, 11) is 0. The molecular weight excluding hydrogens is 311 g/mol. The van der Waals surface area contributed by atoms with E-state index in [1.54, 1.807) is 17.1 Å². The number of hydrogen-bond donors (Lipinski definition) is 0. The van der Waals surface area contributed by atoms with Crippen LogP contribution >= 0.6 is 23.2 Å². The second kappa shape index (κ2) is 6.05. The van der Waals surface area contributed by atoms with Gasteiger partial charge in [0.15, 0.2) is 12.6 Å². The van der Waals surface area contributed by atoms with Gasteiger partial charge in [0.1, 0.15) is 12.4 Å². The Morgan fingerprint density at radius 3 is 2.71 bits per heavy atom. The number of anilines is 1. The summed E-state index contributed by atoms with van der Waals surface area (Å²) >= 11 is 12.4. The number of nitrogens with zero attached hydrogens (tertiary/aromatic N) is 2. The van der Waals surface area contributed by atoms with Gasteiger partial charge in [0, 0.05) is 11.5 Å². The molecular formula is C15H16Cl2N2O2. The molecule has 4 nitrogen and oxygen atoms in total. The van der Waals surface area contributed by atoms with Gasteiger partial charge in [-0.25, -0.2) is 5.01 Å².